The molecule has 3 heterocycles. The van der Waals surface area contributed by atoms with Gasteiger partial charge in [0, 0.05) is 29.1 Å². The quantitative estimate of drug-likeness (QED) is 0.802. The summed E-state index contributed by atoms with van der Waals surface area (Å²) in [5.41, 5.74) is 4.01. The van der Waals surface area contributed by atoms with Gasteiger partial charge in [-0.2, -0.15) is 0 Å². The molecule has 1 unspecified atom stereocenters. The van der Waals surface area contributed by atoms with Crippen molar-refractivity contribution in [1.29, 1.82) is 0 Å². The van der Waals surface area contributed by atoms with Crippen molar-refractivity contribution in [2.24, 2.45) is 11.8 Å². The number of fused-ring (bicyclic) bond motifs is 5. The van der Waals surface area contributed by atoms with Crippen molar-refractivity contribution in [2.75, 3.05) is 20.2 Å². The van der Waals surface area contributed by atoms with Gasteiger partial charge in [0.1, 0.15) is 5.60 Å². The molecule has 0 spiro atoms. The third kappa shape index (κ3) is 1.37. The summed E-state index contributed by atoms with van der Waals surface area (Å²) >= 11 is 0. The van der Waals surface area contributed by atoms with E-state index in [0.29, 0.717) is 12.0 Å². The molecule has 3 aliphatic rings. The monoisotopic (exact) mass is 282 g/mol. The van der Waals surface area contributed by atoms with E-state index in [1.807, 2.05) is 0 Å². The van der Waals surface area contributed by atoms with Gasteiger partial charge in [0.2, 0.25) is 0 Å². The molecule has 0 saturated carbocycles. The maximum atomic E-state index is 6.36. The van der Waals surface area contributed by atoms with E-state index >= 15 is 0 Å². The molecule has 1 aromatic heterocycles. The normalized spacial score (nSPS) is 38.5. The molecular formula is C18H22N2O. The molecule has 110 valence electrons. The Kier molecular flexibility index (Phi) is 2.28. The first-order chi connectivity index (χ1) is 10.2. The second-order valence-electron chi connectivity index (χ2n) is 7.19. The molecule has 5 rings (SSSR count). The van der Waals surface area contributed by atoms with E-state index in [2.05, 4.69) is 48.1 Å². The van der Waals surface area contributed by atoms with Crippen molar-refractivity contribution < 1.29 is 4.74 Å². The Labute approximate surface area is 125 Å². The number of benzene rings is 1. The van der Waals surface area contributed by atoms with Gasteiger partial charge in [0.05, 0.1) is 5.69 Å². The maximum absolute atomic E-state index is 6.36. The Balaban J connectivity index is 1.87. The Morgan fingerprint density at radius 1 is 1.29 bits per heavy atom. The van der Waals surface area contributed by atoms with Gasteiger partial charge in [0.25, 0.3) is 0 Å². The minimum absolute atomic E-state index is 0.116. The average Bonchev–Trinajstić information content (AvgIpc) is 2.86. The minimum Gasteiger partial charge on any atom is -0.369 e. The lowest BCUT2D eigenvalue weighted by Gasteiger charge is -2.57. The standard InChI is InChI=1S/C18H22N2O/c1-18-13-7-9-20(2)16(11(13)8-10-21-18)15-12-5-3-4-6-14(12)19-17(15)18/h3-6,11,13,16,19H,7-10H2,1-2H3/t11?,13-,16+,18+/m0/s1. The van der Waals surface area contributed by atoms with Gasteiger partial charge in [-0.1, -0.05) is 18.2 Å². The first-order valence-corrected chi connectivity index (χ1v) is 8.15. The minimum atomic E-state index is -0.116. The highest BCUT2D eigenvalue weighted by atomic mass is 16.5. The van der Waals surface area contributed by atoms with Crippen molar-refractivity contribution in [1.82, 2.24) is 9.88 Å². The molecule has 2 aromatic rings. The summed E-state index contributed by atoms with van der Waals surface area (Å²) in [4.78, 5) is 6.28. The van der Waals surface area contributed by atoms with Crippen molar-refractivity contribution in [3.05, 3.63) is 35.5 Å². The van der Waals surface area contributed by atoms with Gasteiger partial charge in [-0.15, -0.1) is 0 Å². The molecule has 2 aliphatic heterocycles. The molecule has 1 N–H and O–H groups in total. The molecule has 3 heteroatoms. The summed E-state index contributed by atoms with van der Waals surface area (Å²) in [6, 6.07) is 9.31. The number of hydrogen-bond acceptors (Lipinski definition) is 2. The summed E-state index contributed by atoms with van der Waals surface area (Å²) in [5, 5.41) is 1.39. The predicted molar refractivity (Wildman–Crippen MR) is 83.2 cm³/mol. The Bertz CT molecular complexity index is 721. The van der Waals surface area contributed by atoms with Crippen LogP contribution in [0.15, 0.2) is 24.3 Å². The highest BCUT2D eigenvalue weighted by molar-refractivity contribution is 5.86. The number of nitrogens with zero attached hydrogens (tertiary/aromatic N) is 1. The van der Waals surface area contributed by atoms with Gasteiger partial charge < -0.3 is 9.72 Å². The van der Waals surface area contributed by atoms with Crippen LogP contribution in [0.25, 0.3) is 10.9 Å². The van der Waals surface area contributed by atoms with Crippen LogP contribution in [0.2, 0.25) is 0 Å². The molecule has 1 aromatic carbocycles. The van der Waals surface area contributed by atoms with Crippen LogP contribution in [0.4, 0.5) is 0 Å². The molecule has 0 radical (unpaired) electrons. The largest absolute Gasteiger partial charge is 0.369 e. The molecular weight excluding hydrogens is 260 g/mol. The van der Waals surface area contributed by atoms with Crippen molar-refractivity contribution in [3.63, 3.8) is 0 Å². The van der Waals surface area contributed by atoms with Crippen molar-refractivity contribution in [3.8, 4) is 0 Å². The lowest BCUT2D eigenvalue weighted by molar-refractivity contribution is -0.182. The Morgan fingerprint density at radius 3 is 3.05 bits per heavy atom. The van der Waals surface area contributed by atoms with Crippen LogP contribution in [-0.2, 0) is 10.3 Å². The van der Waals surface area contributed by atoms with Crippen LogP contribution in [0, 0.1) is 11.8 Å². The number of piperidine rings is 1. The first-order valence-electron chi connectivity index (χ1n) is 8.15. The van der Waals surface area contributed by atoms with E-state index in [9.17, 15) is 0 Å². The third-order valence-corrected chi connectivity index (χ3v) is 6.29. The van der Waals surface area contributed by atoms with Gasteiger partial charge in [0.15, 0.2) is 0 Å². The molecule has 2 saturated heterocycles. The van der Waals surface area contributed by atoms with Crippen LogP contribution in [0.3, 0.4) is 0 Å². The zero-order chi connectivity index (χ0) is 14.2. The van der Waals surface area contributed by atoms with Crippen molar-refractivity contribution in [2.45, 2.75) is 31.4 Å². The second kappa shape index (κ2) is 3.90. The number of aromatic nitrogens is 1. The first kappa shape index (κ1) is 12.2. The zero-order valence-corrected chi connectivity index (χ0v) is 12.7. The zero-order valence-electron chi connectivity index (χ0n) is 12.7. The maximum Gasteiger partial charge on any atom is 0.108 e. The second-order valence-corrected chi connectivity index (χ2v) is 7.19. The summed E-state index contributed by atoms with van der Waals surface area (Å²) in [7, 11) is 2.30. The summed E-state index contributed by atoms with van der Waals surface area (Å²) in [6.45, 7) is 4.40. The van der Waals surface area contributed by atoms with Crippen molar-refractivity contribution >= 4 is 10.9 Å². The number of hydrogen-bond donors (Lipinski definition) is 1. The number of nitrogens with one attached hydrogen (secondary N) is 1. The average molecular weight is 282 g/mol. The SMILES string of the molecule is CN1CC[C@H]2C3CCO[C@@]2(C)c2[nH]c4ccccc4c2[C@@H]31. The lowest BCUT2D eigenvalue weighted by Crippen LogP contribution is -2.57. The third-order valence-electron chi connectivity index (χ3n) is 6.29. The van der Waals surface area contributed by atoms with Crippen LogP contribution in [0.5, 0.6) is 0 Å². The Hall–Kier alpha value is -1.32. The fourth-order valence-corrected chi connectivity index (χ4v) is 5.35. The van der Waals surface area contributed by atoms with E-state index in [1.165, 1.54) is 41.5 Å². The number of H-pyrrole nitrogens is 1. The molecule has 4 bridgehead atoms. The number of ether oxygens (including phenoxy) is 1. The smallest absolute Gasteiger partial charge is 0.108 e. The van der Waals surface area contributed by atoms with Crippen LogP contribution in [0.1, 0.15) is 37.1 Å². The molecule has 2 fully saturated rings. The topological polar surface area (TPSA) is 28.3 Å². The van der Waals surface area contributed by atoms with Crippen LogP contribution in [-0.4, -0.2) is 30.1 Å². The van der Waals surface area contributed by atoms with Crippen LogP contribution < -0.4 is 0 Å². The molecule has 0 amide bonds. The highest BCUT2D eigenvalue weighted by Crippen LogP contribution is 2.59. The summed E-state index contributed by atoms with van der Waals surface area (Å²) < 4.78 is 6.36. The van der Waals surface area contributed by atoms with Gasteiger partial charge in [-0.05, 0) is 51.3 Å². The summed E-state index contributed by atoms with van der Waals surface area (Å²) in [6.07, 6.45) is 2.46. The Morgan fingerprint density at radius 2 is 2.14 bits per heavy atom. The van der Waals surface area contributed by atoms with Gasteiger partial charge >= 0.3 is 0 Å². The fourth-order valence-electron chi connectivity index (χ4n) is 5.35. The van der Waals surface area contributed by atoms with E-state index in [0.717, 1.165) is 12.5 Å². The molecule has 21 heavy (non-hydrogen) atoms. The number of para-hydroxylation sites is 1. The lowest BCUT2D eigenvalue weighted by atomic mass is 9.60. The number of likely N-dealkylation sites (tertiary alicyclic amines) is 1. The number of aromatic amines is 1. The predicted octanol–water partition coefficient (Wildman–Crippen LogP) is 3.43. The fraction of sp³-hybridized carbons (Fsp3) is 0.556. The van der Waals surface area contributed by atoms with Gasteiger partial charge in [-0.3, -0.25) is 4.90 Å². The van der Waals surface area contributed by atoms with Crippen LogP contribution >= 0.6 is 0 Å². The van der Waals surface area contributed by atoms with Gasteiger partial charge in [-0.25, -0.2) is 0 Å². The van der Waals surface area contributed by atoms with E-state index in [-0.39, 0.29) is 5.60 Å². The van der Waals surface area contributed by atoms with E-state index in [4.69, 9.17) is 4.74 Å². The summed E-state index contributed by atoms with van der Waals surface area (Å²) in [5.74, 6) is 1.40. The van der Waals surface area contributed by atoms with E-state index in [1.54, 1.807) is 0 Å². The van der Waals surface area contributed by atoms with E-state index < -0.39 is 0 Å². The number of rotatable bonds is 0. The molecule has 1 aliphatic carbocycles. The molecule has 3 nitrogen and oxygen atoms in total. The highest BCUT2D eigenvalue weighted by Gasteiger charge is 2.56. The molecule has 4 atom stereocenters.